The molecule has 3 rings (SSSR count). The maximum Gasteiger partial charge on any atom is 0.194 e. The number of aromatic nitrogens is 2. The molecule has 1 aromatic carbocycles. The second-order valence-electron chi connectivity index (χ2n) is 6.56. The van der Waals surface area contributed by atoms with Crippen molar-refractivity contribution in [3.05, 3.63) is 59.5 Å². The maximum absolute atomic E-state index is 5.50. The number of benzene rings is 1. The summed E-state index contributed by atoms with van der Waals surface area (Å²) in [6.45, 7) is 3.32. The zero-order chi connectivity index (χ0) is 20.1. The average Bonchev–Trinajstić information content (AvgIpc) is 3.13. The van der Waals surface area contributed by atoms with Gasteiger partial charge in [-0.15, -0.1) is 24.0 Å². The predicted molar refractivity (Wildman–Crippen MR) is 127 cm³/mol. The fraction of sp³-hybridized carbons (Fsp3) is 0.333. The van der Waals surface area contributed by atoms with E-state index in [2.05, 4.69) is 38.9 Å². The Morgan fingerprint density at radius 3 is 2.66 bits per heavy atom. The number of fused-ring (bicyclic) bond motifs is 1. The second-order valence-corrected chi connectivity index (χ2v) is 6.56. The van der Waals surface area contributed by atoms with Gasteiger partial charge in [-0.2, -0.15) is 0 Å². The van der Waals surface area contributed by atoms with E-state index in [9.17, 15) is 0 Å². The molecule has 0 spiro atoms. The minimum Gasteiger partial charge on any atom is -0.497 e. The molecule has 156 valence electrons. The standard InChI is InChI=1S/C21H27N5O2.HI/c1-15-7-6-8-20-24-17(14-26(15)20)12-23-21(22-2)25(3)13-16-9-10-18(27-4)11-19(16)28-5;/h6-11,14H,12-13H2,1-5H3,(H,22,23);1H. The summed E-state index contributed by atoms with van der Waals surface area (Å²) in [6, 6.07) is 11.9. The summed E-state index contributed by atoms with van der Waals surface area (Å²) in [5, 5.41) is 3.38. The fourth-order valence-electron chi connectivity index (χ4n) is 3.15. The quantitative estimate of drug-likeness (QED) is 0.313. The lowest BCUT2D eigenvalue weighted by Gasteiger charge is -2.23. The van der Waals surface area contributed by atoms with Crippen molar-refractivity contribution in [2.24, 2.45) is 4.99 Å². The third-order valence-corrected chi connectivity index (χ3v) is 4.65. The highest BCUT2D eigenvalue weighted by Crippen LogP contribution is 2.25. The van der Waals surface area contributed by atoms with Gasteiger partial charge in [0.1, 0.15) is 17.1 Å². The van der Waals surface area contributed by atoms with Gasteiger partial charge in [-0.1, -0.05) is 6.07 Å². The minimum absolute atomic E-state index is 0. The average molecular weight is 509 g/mol. The van der Waals surface area contributed by atoms with Crippen LogP contribution < -0.4 is 14.8 Å². The van der Waals surface area contributed by atoms with Crippen LogP contribution in [0.2, 0.25) is 0 Å². The number of nitrogens with one attached hydrogen (secondary N) is 1. The third kappa shape index (κ3) is 5.31. The summed E-state index contributed by atoms with van der Waals surface area (Å²) in [5.41, 5.74) is 4.12. The molecule has 29 heavy (non-hydrogen) atoms. The van der Waals surface area contributed by atoms with E-state index in [-0.39, 0.29) is 24.0 Å². The molecular weight excluding hydrogens is 481 g/mol. The molecule has 0 saturated carbocycles. The molecular formula is C21H28IN5O2. The van der Waals surface area contributed by atoms with Crippen molar-refractivity contribution < 1.29 is 9.47 Å². The highest BCUT2D eigenvalue weighted by molar-refractivity contribution is 14.0. The number of pyridine rings is 1. The molecule has 0 radical (unpaired) electrons. The Balaban J connectivity index is 0.00000300. The van der Waals surface area contributed by atoms with Gasteiger partial charge in [0, 0.05) is 44.2 Å². The van der Waals surface area contributed by atoms with Crippen molar-refractivity contribution in [2.75, 3.05) is 28.3 Å². The number of aryl methyl sites for hydroxylation is 1. The number of hydrogen-bond donors (Lipinski definition) is 1. The van der Waals surface area contributed by atoms with E-state index >= 15 is 0 Å². The monoisotopic (exact) mass is 509 g/mol. The molecule has 0 saturated heterocycles. The van der Waals surface area contributed by atoms with E-state index in [0.29, 0.717) is 13.1 Å². The summed E-state index contributed by atoms with van der Waals surface area (Å²) in [7, 11) is 7.08. The fourth-order valence-corrected chi connectivity index (χ4v) is 3.15. The van der Waals surface area contributed by atoms with E-state index in [4.69, 9.17) is 9.47 Å². The van der Waals surface area contributed by atoms with Gasteiger partial charge in [0.15, 0.2) is 5.96 Å². The summed E-state index contributed by atoms with van der Waals surface area (Å²) >= 11 is 0. The molecule has 0 unspecified atom stereocenters. The number of nitrogens with zero attached hydrogens (tertiary/aromatic N) is 4. The summed E-state index contributed by atoms with van der Waals surface area (Å²) < 4.78 is 12.9. The molecule has 0 amide bonds. The van der Waals surface area contributed by atoms with E-state index in [1.54, 1.807) is 21.3 Å². The lowest BCUT2D eigenvalue weighted by molar-refractivity contribution is 0.382. The number of methoxy groups -OCH3 is 2. The highest BCUT2D eigenvalue weighted by Gasteiger charge is 2.12. The van der Waals surface area contributed by atoms with Gasteiger partial charge in [0.2, 0.25) is 0 Å². The molecule has 0 aliphatic rings. The lowest BCUT2D eigenvalue weighted by Crippen LogP contribution is -2.38. The molecule has 3 aromatic rings. The highest BCUT2D eigenvalue weighted by atomic mass is 127. The number of ether oxygens (including phenoxy) is 2. The van der Waals surface area contributed by atoms with Crippen LogP contribution >= 0.6 is 24.0 Å². The van der Waals surface area contributed by atoms with Gasteiger partial charge < -0.3 is 24.1 Å². The first-order valence-electron chi connectivity index (χ1n) is 9.12. The van der Waals surface area contributed by atoms with Crippen molar-refractivity contribution in [3.63, 3.8) is 0 Å². The SMILES string of the molecule is CN=C(NCc1cn2c(C)cccc2n1)N(C)Cc1ccc(OC)cc1OC.I. The van der Waals surface area contributed by atoms with Crippen LogP contribution in [-0.2, 0) is 13.1 Å². The van der Waals surface area contributed by atoms with Gasteiger partial charge in [0.25, 0.3) is 0 Å². The summed E-state index contributed by atoms with van der Waals surface area (Å²) in [5.74, 6) is 2.34. The topological polar surface area (TPSA) is 63.4 Å². The number of halogens is 1. The molecule has 2 heterocycles. The molecule has 8 heteroatoms. The van der Waals surface area contributed by atoms with Gasteiger partial charge in [-0.3, -0.25) is 4.99 Å². The van der Waals surface area contributed by atoms with Crippen molar-refractivity contribution in [1.29, 1.82) is 0 Å². The molecule has 7 nitrogen and oxygen atoms in total. The Morgan fingerprint density at radius 2 is 2.00 bits per heavy atom. The second kappa shape index (κ2) is 10.3. The van der Waals surface area contributed by atoms with Crippen molar-refractivity contribution >= 4 is 35.6 Å². The first kappa shape index (κ1) is 22.8. The normalized spacial score (nSPS) is 11.1. The van der Waals surface area contributed by atoms with Crippen LogP contribution in [0.15, 0.2) is 47.6 Å². The van der Waals surface area contributed by atoms with Crippen LogP contribution in [0, 0.1) is 6.92 Å². The molecule has 0 bridgehead atoms. The number of hydrogen-bond acceptors (Lipinski definition) is 4. The van der Waals surface area contributed by atoms with E-state index in [1.807, 2.05) is 42.3 Å². The first-order chi connectivity index (χ1) is 13.5. The van der Waals surface area contributed by atoms with Gasteiger partial charge >= 0.3 is 0 Å². The van der Waals surface area contributed by atoms with Crippen LogP contribution in [0.25, 0.3) is 5.65 Å². The number of rotatable bonds is 6. The number of imidazole rings is 1. The lowest BCUT2D eigenvalue weighted by atomic mass is 10.2. The molecule has 0 atom stereocenters. The van der Waals surface area contributed by atoms with Crippen molar-refractivity contribution in [1.82, 2.24) is 19.6 Å². The Kier molecular flexibility index (Phi) is 8.12. The van der Waals surface area contributed by atoms with E-state index < -0.39 is 0 Å². The number of aliphatic imine (C=N–C) groups is 1. The van der Waals surface area contributed by atoms with Crippen LogP contribution in [0.3, 0.4) is 0 Å². The van der Waals surface area contributed by atoms with Crippen molar-refractivity contribution in [2.45, 2.75) is 20.0 Å². The Hall–Kier alpha value is -2.49. The molecule has 0 aliphatic heterocycles. The smallest absolute Gasteiger partial charge is 0.194 e. The van der Waals surface area contributed by atoms with Crippen LogP contribution in [0.1, 0.15) is 17.0 Å². The maximum atomic E-state index is 5.50. The largest absolute Gasteiger partial charge is 0.497 e. The number of guanidine groups is 1. The van der Waals surface area contributed by atoms with Gasteiger partial charge in [-0.25, -0.2) is 4.98 Å². The third-order valence-electron chi connectivity index (χ3n) is 4.65. The Bertz CT molecular complexity index is 986. The van der Waals surface area contributed by atoms with Gasteiger partial charge in [-0.05, 0) is 31.2 Å². The molecule has 2 aromatic heterocycles. The van der Waals surface area contributed by atoms with E-state index in [1.165, 1.54) is 0 Å². The predicted octanol–water partition coefficient (Wildman–Crippen LogP) is 3.49. The Morgan fingerprint density at radius 1 is 1.21 bits per heavy atom. The molecule has 0 fully saturated rings. The Labute approximate surface area is 188 Å². The first-order valence-corrected chi connectivity index (χ1v) is 9.12. The summed E-state index contributed by atoms with van der Waals surface area (Å²) in [4.78, 5) is 11.1. The minimum atomic E-state index is 0. The van der Waals surface area contributed by atoms with Crippen molar-refractivity contribution in [3.8, 4) is 11.5 Å². The summed E-state index contributed by atoms with van der Waals surface area (Å²) in [6.07, 6.45) is 2.05. The van der Waals surface area contributed by atoms with Crippen LogP contribution in [0.4, 0.5) is 0 Å². The van der Waals surface area contributed by atoms with E-state index in [0.717, 1.165) is 40.1 Å². The van der Waals surface area contributed by atoms with Crippen LogP contribution in [0.5, 0.6) is 11.5 Å². The zero-order valence-electron chi connectivity index (χ0n) is 17.5. The molecule has 1 N–H and O–H groups in total. The molecule has 0 aliphatic carbocycles. The zero-order valence-corrected chi connectivity index (χ0v) is 19.8. The van der Waals surface area contributed by atoms with Crippen LogP contribution in [-0.4, -0.2) is 48.6 Å². The van der Waals surface area contributed by atoms with Gasteiger partial charge in [0.05, 0.1) is 26.5 Å².